The number of carboxylic acids is 2. The molecule has 2 amide bonds. The number of nitrogens with two attached hydrogens (primary N) is 1. The lowest BCUT2D eigenvalue weighted by molar-refractivity contribution is -0.141. The number of carbonyl (C=O) groups is 5. The number of carbonyl (C=O) groups excluding carboxylic acids is 3. The molecule has 0 aliphatic heterocycles. The molecule has 0 aromatic rings. The summed E-state index contributed by atoms with van der Waals surface area (Å²) in [7, 11) is 0. The Morgan fingerprint density at radius 3 is 2.11 bits per heavy atom. The Morgan fingerprint density at radius 1 is 1.00 bits per heavy atom. The summed E-state index contributed by atoms with van der Waals surface area (Å²) >= 11 is 0. The quantitative estimate of drug-likeness (QED) is 0.268. The van der Waals surface area contributed by atoms with Crippen molar-refractivity contribution in [3.05, 3.63) is 0 Å². The van der Waals surface area contributed by atoms with Gasteiger partial charge in [0.15, 0.2) is 0 Å². The zero-order valence-electron chi connectivity index (χ0n) is 16.6. The van der Waals surface area contributed by atoms with Gasteiger partial charge in [0.2, 0.25) is 11.8 Å². The maximum absolute atomic E-state index is 12.1. The Morgan fingerprint density at radius 2 is 1.61 bits per heavy atom. The third-order valence-corrected chi connectivity index (χ3v) is 4.50. The molecule has 1 unspecified atom stereocenters. The molecule has 0 fully saturated rings. The van der Waals surface area contributed by atoms with Crippen LogP contribution >= 0.6 is 0 Å². The maximum Gasteiger partial charge on any atom is 0.325 e. The smallest absolute Gasteiger partial charge is 0.325 e. The third kappa shape index (κ3) is 10.6. The summed E-state index contributed by atoms with van der Waals surface area (Å²) in [6.45, 7) is 4.61. The first-order valence-corrected chi connectivity index (χ1v) is 9.27. The molecule has 4 atom stereocenters. The van der Waals surface area contributed by atoms with Gasteiger partial charge in [0.05, 0.1) is 6.54 Å². The molecule has 6 N–H and O–H groups in total. The largest absolute Gasteiger partial charge is 0.480 e. The van der Waals surface area contributed by atoms with E-state index in [1.165, 1.54) is 6.92 Å². The Kier molecular flexibility index (Phi) is 11.7. The average Bonchev–Trinajstić information content (AvgIpc) is 2.62. The molecule has 0 aliphatic rings. The van der Waals surface area contributed by atoms with E-state index in [0.717, 1.165) is 0 Å². The lowest BCUT2D eigenvalue weighted by atomic mass is 9.87. The van der Waals surface area contributed by atoms with Crippen LogP contribution in [0.2, 0.25) is 0 Å². The highest BCUT2D eigenvalue weighted by Gasteiger charge is 2.22. The first-order chi connectivity index (χ1) is 13.0. The molecule has 0 aliphatic carbocycles. The fourth-order valence-electron chi connectivity index (χ4n) is 2.56. The van der Waals surface area contributed by atoms with E-state index in [1.807, 2.05) is 6.92 Å². The number of amides is 2. The van der Waals surface area contributed by atoms with Crippen LogP contribution in [0, 0.1) is 11.8 Å². The molecule has 28 heavy (non-hydrogen) atoms. The predicted molar refractivity (Wildman–Crippen MR) is 100 cm³/mol. The van der Waals surface area contributed by atoms with Crippen LogP contribution in [0.15, 0.2) is 0 Å². The minimum atomic E-state index is -1.17. The number of Topliss-reactive ketones (excluding diaryl/α,β-unsaturated/α-hetero) is 1. The summed E-state index contributed by atoms with van der Waals surface area (Å²) in [5.41, 5.74) is 5.39. The lowest BCUT2D eigenvalue weighted by Gasteiger charge is -2.19. The van der Waals surface area contributed by atoms with Gasteiger partial charge in [0, 0.05) is 18.8 Å². The van der Waals surface area contributed by atoms with Gasteiger partial charge in [-0.15, -0.1) is 0 Å². The number of rotatable bonds is 14. The van der Waals surface area contributed by atoms with Crippen molar-refractivity contribution in [3.8, 4) is 0 Å². The third-order valence-electron chi connectivity index (χ3n) is 4.50. The van der Waals surface area contributed by atoms with E-state index in [0.29, 0.717) is 12.8 Å². The summed E-state index contributed by atoms with van der Waals surface area (Å²) in [6, 6.07) is -2.12. The molecule has 0 aromatic heterocycles. The van der Waals surface area contributed by atoms with E-state index in [2.05, 4.69) is 10.6 Å². The van der Waals surface area contributed by atoms with Crippen molar-refractivity contribution in [3.63, 3.8) is 0 Å². The van der Waals surface area contributed by atoms with Gasteiger partial charge in [-0.1, -0.05) is 20.3 Å². The highest BCUT2D eigenvalue weighted by molar-refractivity contribution is 5.87. The minimum Gasteiger partial charge on any atom is -0.480 e. The van der Waals surface area contributed by atoms with E-state index >= 15 is 0 Å². The molecule has 0 saturated heterocycles. The van der Waals surface area contributed by atoms with Crippen LogP contribution in [0.3, 0.4) is 0 Å². The van der Waals surface area contributed by atoms with Gasteiger partial charge < -0.3 is 26.6 Å². The molecule has 0 heterocycles. The van der Waals surface area contributed by atoms with Crippen LogP contribution in [0.4, 0.5) is 0 Å². The van der Waals surface area contributed by atoms with Crippen molar-refractivity contribution >= 4 is 29.5 Å². The topological polar surface area (TPSA) is 176 Å². The van der Waals surface area contributed by atoms with Crippen LogP contribution in [-0.2, 0) is 24.0 Å². The lowest BCUT2D eigenvalue weighted by Crippen LogP contribution is -2.44. The molecule has 10 heteroatoms. The maximum atomic E-state index is 12.1. The van der Waals surface area contributed by atoms with Gasteiger partial charge in [0.25, 0.3) is 0 Å². The zero-order chi connectivity index (χ0) is 21.9. The number of hydrogen-bond acceptors (Lipinski definition) is 6. The Labute approximate surface area is 164 Å². The summed E-state index contributed by atoms with van der Waals surface area (Å²) in [5.74, 6) is -3.80. The van der Waals surface area contributed by atoms with Gasteiger partial charge in [-0.25, -0.2) is 0 Å². The van der Waals surface area contributed by atoms with Crippen molar-refractivity contribution < 1.29 is 34.2 Å². The highest BCUT2D eigenvalue weighted by Crippen LogP contribution is 2.21. The van der Waals surface area contributed by atoms with Crippen LogP contribution in [0.1, 0.15) is 52.9 Å². The summed E-state index contributed by atoms with van der Waals surface area (Å²) in [4.78, 5) is 57.1. The Hall–Kier alpha value is -2.49. The Bertz CT molecular complexity index is 580. The van der Waals surface area contributed by atoms with Crippen molar-refractivity contribution in [2.75, 3.05) is 6.54 Å². The number of carboxylic acid groups (broad SMARTS) is 2. The first-order valence-electron chi connectivity index (χ1n) is 9.27. The second kappa shape index (κ2) is 12.8. The second-order valence-corrected chi connectivity index (χ2v) is 6.97. The summed E-state index contributed by atoms with van der Waals surface area (Å²) in [6.07, 6.45) is 1.39. The SMILES string of the molecule is CC[C@@H](CC(=O)NCC(=O)N[C@H](C)C(=O)O)CC(C)C(=O)CC[C@H](N)C(=O)O. The Balaban J connectivity index is 4.35. The monoisotopic (exact) mass is 401 g/mol. The molecule has 0 bridgehead atoms. The average molecular weight is 401 g/mol. The van der Waals surface area contributed by atoms with Crippen molar-refractivity contribution in [1.29, 1.82) is 0 Å². The standard InChI is InChI=1S/C18H31N3O7/c1-4-12(7-10(2)14(22)6-5-13(19)18(27)28)8-15(23)20-9-16(24)21-11(3)17(25)26/h10-13H,4-9,19H2,1-3H3,(H,20,23)(H,21,24)(H,25,26)(H,27,28)/t10?,11-,12-,13+/m1/s1. The van der Waals surface area contributed by atoms with E-state index in [1.54, 1.807) is 6.92 Å². The molecule has 0 spiro atoms. The minimum absolute atomic E-state index is 0.0686. The van der Waals surface area contributed by atoms with Gasteiger partial charge >= 0.3 is 11.9 Å². The van der Waals surface area contributed by atoms with Crippen LogP contribution in [0.5, 0.6) is 0 Å². The van der Waals surface area contributed by atoms with Crippen LogP contribution < -0.4 is 16.4 Å². The molecule has 10 nitrogen and oxygen atoms in total. The number of aliphatic carboxylic acids is 2. The van der Waals surface area contributed by atoms with Crippen molar-refractivity contribution in [2.24, 2.45) is 17.6 Å². The molecular formula is C18H31N3O7. The van der Waals surface area contributed by atoms with E-state index in [4.69, 9.17) is 15.9 Å². The van der Waals surface area contributed by atoms with Gasteiger partial charge in [0.1, 0.15) is 17.9 Å². The fourth-order valence-corrected chi connectivity index (χ4v) is 2.56. The molecule has 0 rings (SSSR count). The molecular weight excluding hydrogens is 370 g/mol. The van der Waals surface area contributed by atoms with Gasteiger partial charge in [-0.05, 0) is 25.7 Å². The van der Waals surface area contributed by atoms with Gasteiger partial charge in [-0.2, -0.15) is 0 Å². The first kappa shape index (κ1) is 25.5. The van der Waals surface area contributed by atoms with E-state index in [9.17, 15) is 24.0 Å². The van der Waals surface area contributed by atoms with Crippen molar-refractivity contribution in [2.45, 2.75) is 65.0 Å². The van der Waals surface area contributed by atoms with Crippen molar-refractivity contribution in [1.82, 2.24) is 10.6 Å². The zero-order valence-corrected chi connectivity index (χ0v) is 16.6. The number of ketones is 1. The number of nitrogens with one attached hydrogen (secondary N) is 2. The second-order valence-electron chi connectivity index (χ2n) is 6.97. The van der Waals surface area contributed by atoms with Crippen LogP contribution in [-0.4, -0.2) is 58.4 Å². The molecule has 0 aromatic carbocycles. The molecule has 0 saturated carbocycles. The van der Waals surface area contributed by atoms with E-state index < -0.39 is 29.9 Å². The molecule has 0 radical (unpaired) electrons. The predicted octanol–water partition coefficient (Wildman–Crippen LogP) is -0.104. The fraction of sp³-hybridized carbons (Fsp3) is 0.722. The summed E-state index contributed by atoms with van der Waals surface area (Å²) < 4.78 is 0. The normalized spacial score (nSPS) is 15.0. The summed E-state index contributed by atoms with van der Waals surface area (Å²) in [5, 5.41) is 22.1. The van der Waals surface area contributed by atoms with Gasteiger partial charge in [-0.3, -0.25) is 24.0 Å². The number of hydrogen-bond donors (Lipinski definition) is 5. The van der Waals surface area contributed by atoms with Crippen LogP contribution in [0.25, 0.3) is 0 Å². The molecule has 160 valence electrons. The highest BCUT2D eigenvalue weighted by atomic mass is 16.4. The van der Waals surface area contributed by atoms with E-state index in [-0.39, 0.29) is 49.3 Å².